The second-order valence-corrected chi connectivity index (χ2v) is 8.09. The summed E-state index contributed by atoms with van der Waals surface area (Å²) in [4.78, 5) is 16.9. The molecule has 2 heterocycles. The number of aromatic nitrogens is 2. The summed E-state index contributed by atoms with van der Waals surface area (Å²) in [6.45, 7) is 0.725. The molecule has 4 aromatic rings. The van der Waals surface area contributed by atoms with Crippen LogP contribution in [-0.4, -0.2) is 22.6 Å². The standard InChI is InChI=1S/C25H24N4O2/c26-21(14-17-6-5-10-22(28-17)25(30)27-15-16-12-13-16)18-7-1-2-8-19(18)24-20-9-3-4-11-23(20)31-29-24/h1-11,16,21H,12-15,26H2,(H,27,30)/t21-/m0/s1. The summed E-state index contributed by atoms with van der Waals surface area (Å²) < 4.78 is 5.50. The van der Waals surface area contributed by atoms with E-state index in [0.29, 0.717) is 18.0 Å². The molecule has 2 aromatic carbocycles. The minimum Gasteiger partial charge on any atom is -0.356 e. The van der Waals surface area contributed by atoms with Crippen LogP contribution in [-0.2, 0) is 6.42 Å². The molecule has 0 unspecified atom stereocenters. The Morgan fingerprint density at radius 1 is 1.06 bits per heavy atom. The van der Waals surface area contributed by atoms with Gasteiger partial charge in [0, 0.05) is 35.7 Å². The van der Waals surface area contributed by atoms with Crippen molar-refractivity contribution in [1.29, 1.82) is 0 Å². The van der Waals surface area contributed by atoms with Gasteiger partial charge in [-0.2, -0.15) is 0 Å². The fourth-order valence-corrected chi connectivity index (χ4v) is 3.82. The summed E-state index contributed by atoms with van der Waals surface area (Å²) in [6, 6.07) is 21.0. The number of nitrogens with zero attached hydrogens (tertiary/aromatic N) is 2. The van der Waals surface area contributed by atoms with Crippen molar-refractivity contribution in [2.24, 2.45) is 11.7 Å². The van der Waals surface area contributed by atoms with Gasteiger partial charge < -0.3 is 15.6 Å². The highest BCUT2D eigenvalue weighted by molar-refractivity contribution is 5.93. The van der Waals surface area contributed by atoms with Crippen LogP contribution in [0.2, 0.25) is 0 Å². The summed E-state index contributed by atoms with van der Waals surface area (Å²) in [5, 5.41) is 8.21. The number of nitrogens with one attached hydrogen (secondary N) is 1. The average Bonchev–Trinajstić information content (AvgIpc) is 3.54. The number of nitrogens with two attached hydrogens (primary N) is 1. The van der Waals surface area contributed by atoms with Gasteiger partial charge in [-0.15, -0.1) is 0 Å². The topological polar surface area (TPSA) is 94.0 Å². The lowest BCUT2D eigenvalue weighted by molar-refractivity contribution is 0.0946. The zero-order valence-electron chi connectivity index (χ0n) is 17.1. The van der Waals surface area contributed by atoms with Crippen molar-refractivity contribution in [3.8, 4) is 11.3 Å². The molecule has 1 aliphatic rings. The van der Waals surface area contributed by atoms with Crippen LogP contribution in [0.5, 0.6) is 0 Å². The first-order chi connectivity index (χ1) is 15.2. The molecule has 1 fully saturated rings. The monoisotopic (exact) mass is 412 g/mol. The molecule has 156 valence electrons. The molecule has 5 rings (SSSR count). The highest BCUT2D eigenvalue weighted by atomic mass is 16.5. The van der Waals surface area contributed by atoms with Crippen LogP contribution in [0, 0.1) is 5.92 Å². The molecule has 1 atom stereocenters. The SMILES string of the molecule is N[C@@H](Cc1cccc(C(=O)NCC2CC2)n1)c1ccccc1-c1noc2ccccc12. The Morgan fingerprint density at radius 2 is 1.87 bits per heavy atom. The van der Waals surface area contributed by atoms with Gasteiger partial charge in [-0.05, 0) is 48.6 Å². The Balaban J connectivity index is 1.38. The Hall–Kier alpha value is -3.51. The lowest BCUT2D eigenvalue weighted by atomic mass is 9.94. The van der Waals surface area contributed by atoms with Gasteiger partial charge in [-0.25, -0.2) is 4.98 Å². The van der Waals surface area contributed by atoms with Crippen LogP contribution in [0.1, 0.15) is 40.6 Å². The summed E-state index contributed by atoms with van der Waals surface area (Å²) in [7, 11) is 0. The Kier molecular flexibility index (Phi) is 5.22. The van der Waals surface area contributed by atoms with E-state index in [2.05, 4.69) is 15.5 Å². The first-order valence-corrected chi connectivity index (χ1v) is 10.6. The lowest BCUT2D eigenvalue weighted by Gasteiger charge is -2.16. The number of pyridine rings is 1. The van der Waals surface area contributed by atoms with E-state index in [4.69, 9.17) is 10.3 Å². The number of para-hydroxylation sites is 1. The van der Waals surface area contributed by atoms with Crippen molar-refractivity contribution >= 4 is 16.9 Å². The molecule has 3 N–H and O–H groups in total. The van der Waals surface area contributed by atoms with E-state index in [1.54, 1.807) is 6.07 Å². The molecule has 0 aliphatic heterocycles. The number of benzene rings is 2. The zero-order valence-corrected chi connectivity index (χ0v) is 17.1. The lowest BCUT2D eigenvalue weighted by Crippen LogP contribution is -2.26. The molecular formula is C25H24N4O2. The van der Waals surface area contributed by atoms with Crippen LogP contribution < -0.4 is 11.1 Å². The molecule has 0 radical (unpaired) electrons. The number of carbonyl (C=O) groups is 1. The van der Waals surface area contributed by atoms with Crippen molar-refractivity contribution in [1.82, 2.24) is 15.5 Å². The summed E-state index contributed by atoms with van der Waals surface area (Å²) >= 11 is 0. The van der Waals surface area contributed by atoms with Gasteiger partial charge >= 0.3 is 0 Å². The van der Waals surface area contributed by atoms with Crippen LogP contribution in [0.4, 0.5) is 0 Å². The summed E-state index contributed by atoms with van der Waals surface area (Å²) in [5.74, 6) is 0.501. The molecule has 0 spiro atoms. The molecule has 1 saturated carbocycles. The van der Waals surface area contributed by atoms with Gasteiger partial charge in [-0.3, -0.25) is 4.79 Å². The Labute approximate surface area is 180 Å². The molecule has 1 amide bonds. The quantitative estimate of drug-likeness (QED) is 0.473. The molecule has 2 aromatic heterocycles. The predicted octanol–water partition coefficient (Wildman–Crippen LogP) is 4.27. The largest absolute Gasteiger partial charge is 0.356 e. The summed E-state index contributed by atoms with van der Waals surface area (Å²) in [5.41, 5.74) is 11.3. The van der Waals surface area contributed by atoms with E-state index in [9.17, 15) is 4.79 Å². The Bertz CT molecular complexity index is 1230. The van der Waals surface area contributed by atoms with E-state index in [1.165, 1.54) is 12.8 Å². The number of amides is 1. The van der Waals surface area contributed by atoms with Crippen molar-refractivity contribution in [3.05, 3.63) is 83.7 Å². The second kappa shape index (κ2) is 8.32. The average molecular weight is 412 g/mol. The molecule has 0 bridgehead atoms. The van der Waals surface area contributed by atoms with Crippen LogP contribution in [0.3, 0.4) is 0 Å². The van der Waals surface area contributed by atoms with Crippen molar-refractivity contribution in [2.75, 3.05) is 6.54 Å². The number of rotatable bonds is 7. The highest BCUT2D eigenvalue weighted by Crippen LogP contribution is 2.33. The van der Waals surface area contributed by atoms with E-state index < -0.39 is 0 Å². The number of fused-ring (bicyclic) bond motifs is 1. The zero-order chi connectivity index (χ0) is 21.2. The van der Waals surface area contributed by atoms with E-state index in [-0.39, 0.29) is 11.9 Å². The summed E-state index contributed by atoms with van der Waals surface area (Å²) in [6.07, 6.45) is 2.90. The number of hydrogen-bond donors (Lipinski definition) is 2. The predicted molar refractivity (Wildman–Crippen MR) is 119 cm³/mol. The van der Waals surface area contributed by atoms with Gasteiger partial charge in [0.25, 0.3) is 5.91 Å². The normalized spacial score (nSPS) is 14.5. The fraction of sp³-hybridized carbons (Fsp3) is 0.240. The molecule has 31 heavy (non-hydrogen) atoms. The number of carbonyl (C=O) groups excluding carboxylic acids is 1. The van der Waals surface area contributed by atoms with Gasteiger partial charge in [0.05, 0.1) is 0 Å². The van der Waals surface area contributed by atoms with Gasteiger partial charge in [0.1, 0.15) is 11.4 Å². The first kappa shape index (κ1) is 19.5. The van der Waals surface area contributed by atoms with Crippen molar-refractivity contribution in [3.63, 3.8) is 0 Å². The van der Waals surface area contributed by atoms with Gasteiger partial charge in [0.2, 0.25) is 0 Å². The molecule has 6 nitrogen and oxygen atoms in total. The smallest absolute Gasteiger partial charge is 0.269 e. The minimum absolute atomic E-state index is 0.128. The van der Waals surface area contributed by atoms with E-state index in [1.807, 2.05) is 60.7 Å². The van der Waals surface area contributed by atoms with E-state index >= 15 is 0 Å². The third-order valence-electron chi connectivity index (χ3n) is 5.71. The molecule has 0 saturated heterocycles. The van der Waals surface area contributed by atoms with Crippen LogP contribution in [0.15, 0.2) is 71.3 Å². The molecular weight excluding hydrogens is 388 g/mol. The van der Waals surface area contributed by atoms with Crippen molar-refractivity contribution < 1.29 is 9.32 Å². The maximum Gasteiger partial charge on any atom is 0.269 e. The minimum atomic E-state index is -0.302. The Morgan fingerprint density at radius 3 is 2.74 bits per heavy atom. The van der Waals surface area contributed by atoms with Gasteiger partial charge in [-0.1, -0.05) is 47.6 Å². The highest BCUT2D eigenvalue weighted by Gasteiger charge is 2.22. The second-order valence-electron chi connectivity index (χ2n) is 8.09. The third-order valence-corrected chi connectivity index (χ3v) is 5.71. The molecule has 6 heteroatoms. The fourth-order valence-electron chi connectivity index (χ4n) is 3.82. The molecule has 1 aliphatic carbocycles. The third kappa shape index (κ3) is 4.20. The van der Waals surface area contributed by atoms with Crippen molar-refractivity contribution in [2.45, 2.75) is 25.3 Å². The van der Waals surface area contributed by atoms with E-state index in [0.717, 1.165) is 40.0 Å². The van der Waals surface area contributed by atoms with Crippen LogP contribution in [0.25, 0.3) is 22.2 Å². The first-order valence-electron chi connectivity index (χ1n) is 10.6. The maximum absolute atomic E-state index is 12.4. The maximum atomic E-state index is 12.4. The number of hydrogen-bond acceptors (Lipinski definition) is 5. The van der Waals surface area contributed by atoms with Crippen LogP contribution >= 0.6 is 0 Å². The van der Waals surface area contributed by atoms with Gasteiger partial charge in [0.15, 0.2) is 5.58 Å².